The van der Waals surface area contributed by atoms with E-state index in [1.807, 2.05) is 0 Å². The van der Waals surface area contributed by atoms with E-state index in [1.54, 1.807) is 68.3 Å². The van der Waals surface area contributed by atoms with Crippen LogP contribution in [0.15, 0.2) is 53.1 Å². The van der Waals surface area contributed by atoms with Crippen LogP contribution in [0, 0.1) is 12.8 Å². The number of nitrogens with one attached hydrogen (secondary N) is 1. The van der Waals surface area contributed by atoms with E-state index in [0.29, 0.717) is 42.0 Å². The fraction of sp³-hybridized carbons (Fsp3) is 0.286. The molecule has 2 aromatic heterocycles. The third-order valence-corrected chi connectivity index (χ3v) is 7.09. The monoisotopic (exact) mass is 577 g/mol. The maximum absolute atomic E-state index is 13.2. The minimum absolute atomic E-state index is 0.0214. The molecule has 0 aliphatic carbocycles. The lowest BCUT2D eigenvalue weighted by Crippen LogP contribution is -2.25. The molecule has 212 valence electrons. The summed E-state index contributed by atoms with van der Waals surface area (Å²) < 4.78 is 22.5. The Balaban J connectivity index is 1.35. The Morgan fingerprint density at radius 3 is 2.59 bits per heavy atom. The first kappa shape index (κ1) is 27.8. The van der Waals surface area contributed by atoms with Crippen molar-refractivity contribution in [3.8, 4) is 28.7 Å². The Labute approximate surface area is 239 Å². The van der Waals surface area contributed by atoms with Gasteiger partial charge in [0.2, 0.25) is 17.7 Å². The van der Waals surface area contributed by atoms with Crippen LogP contribution >= 0.6 is 11.3 Å². The molecule has 4 aromatic rings. The van der Waals surface area contributed by atoms with E-state index in [4.69, 9.17) is 18.6 Å². The zero-order chi connectivity index (χ0) is 28.9. The van der Waals surface area contributed by atoms with Gasteiger partial charge in [-0.15, -0.1) is 10.2 Å². The van der Waals surface area contributed by atoms with Gasteiger partial charge in [0.25, 0.3) is 5.91 Å². The Morgan fingerprint density at radius 2 is 1.90 bits per heavy atom. The molecule has 1 saturated heterocycles. The molecule has 2 aromatic carbocycles. The summed E-state index contributed by atoms with van der Waals surface area (Å²) in [5.74, 6) is 0.822. The second-order valence-corrected chi connectivity index (χ2v) is 10.2. The summed E-state index contributed by atoms with van der Waals surface area (Å²) in [6.45, 7) is 4.49. The Hall–Kier alpha value is -4.78. The molecule has 1 aliphatic rings. The molecule has 1 aliphatic heterocycles. The highest BCUT2D eigenvalue weighted by Crippen LogP contribution is 2.31. The number of ether oxygens (including phenoxy) is 3. The average molecular weight is 578 g/mol. The number of likely N-dealkylation sites (tertiary alicyclic amines) is 1. The standard InChI is InChI=1S/C28H27N5O7S/c1-4-37-27(36)23-14-29-28(41-23)30-24(34)19-11-21(38-15-18-9-10-33(3)26(18)35)13-22(12-19)40-20-7-5-17(6-8-20)25-32-31-16(2)39-25/h5-8,11-14,18H,4,9-10,15H2,1-3H3,(H,29,30,34). The quantitative estimate of drug-likeness (QED) is 0.266. The van der Waals surface area contributed by atoms with E-state index in [2.05, 4.69) is 20.5 Å². The van der Waals surface area contributed by atoms with Crippen molar-refractivity contribution in [1.82, 2.24) is 20.1 Å². The smallest absolute Gasteiger partial charge is 0.350 e. The summed E-state index contributed by atoms with van der Waals surface area (Å²) in [5, 5.41) is 10.8. The van der Waals surface area contributed by atoms with Gasteiger partial charge < -0.3 is 23.5 Å². The van der Waals surface area contributed by atoms with Crippen LogP contribution in [0.4, 0.5) is 5.13 Å². The molecule has 12 nitrogen and oxygen atoms in total. The molecule has 3 heterocycles. The first-order valence-corrected chi connectivity index (χ1v) is 13.7. The second kappa shape index (κ2) is 12.2. The fourth-order valence-corrected chi connectivity index (χ4v) is 4.81. The van der Waals surface area contributed by atoms with Gasteiger partial charge in [-0.3, -0.25) is 14.9 Å². The first-order valence-electron chi connectivity index (χ1n) is 12.8. The zero-order valence-electron chi connectivity index (χ0n) is 22.6. The van der Waals surface area contributed by atoms with Crippen LogP contribution in [-0.4, -0.2) is 64.7 Å². The number of hydrogen-bond donors (Lipinski definition) is 1. The summed E-state index contributed by atoms with van der Waals surface area (Å²) in [6.07, 6.45) is 2.04. The van der Waals surface area contributed by atoms with Crippen LogP contribution in [0.25, 0.3) is 11.5 Å². The third-order valence-electron chi connectivity index (χ3n) is 6.20. The van der Waals surface area contributed by atoms with Crippen molar-refractivity contribution in [1.29, 1.82) is 0 Å². The summed E-state index contributed by atoms with van der Waals surface area (Å²) in [7, 11) is 1.76. The number of carbonyl (C=O) groups is 3. The van der Waals surface area contributed by atoms with Crippen molar-refractivity contribution in [3.63, 3.8) is 0 Å². The topological polar surface area (TPSA) is 146 Å². The molecule has 0 bridgehead atoms. The number of benzene rings is 2. The van der Waals surface area contributed by atoms with Crippen molar-refractivity contribution in [2.75, 3.05) is 32.1 Å². The third kappa shape index (κ3) is 6.69. The number of nitrogens with zero attached hydrogens (tertiary/aromatic N) is 4. The second-order valence-electron chi connectivity index (χ2n) is 9.21. The Kier molecular flexibility index (Phi) is 8.24. The van der Waals surface area contributed by atoms with Gasteiger partial charge in [-0.05, 0) is 49.7 Å². The van der Waals surface area contributed by atoms with Crippen LogP contribution in [-0.2, 0) is 9.53 Å². The number of anilines is 1. The first-order chi connectivity index (χ1) is 19.8. The summed E-state index contributed by atoms with van der Waals surface area (Å²) in [4.78, 5) is 43.5. The lowest BCUT2D eigenvalue weighted by atomic mass is 10.1. The van der Waals surface area contributed by atoms with E-state index < -0.39 is 11.9 Å². The molecule has 0 spiro atoms. The Bertz CT molecular complexity index is 1570. The van der Waals surface area contributed by atoms with E-state index >= 15 is 0 Å². The maximum Gasteiger partial charge on any atom is 0.350 e. The lowest BCUT2D eigenvalue weighted by molar-refractivity contribution is -0.130. The SMILES string of the molecule is CCOC(=O)c1cnc(NC(=O)c2cc(OCC3CCN(C)C3=O)cc(Oc3ccc(-c4nnc(C)o4)cc3)c2)s1. The molecule has 0 radical (unpaired) electrons. The molecular weight excluding hydrogens is 550 g/mol. The average Bonchev–Trinajstić information content (AvgIpc) is 3.69. The number of thiazole rings is 1. The van der Waals surface area contributed by atoms with Crippen molar-refractivity contribution in [2.24, 2.45) is 5.92 Å². The number of aryl methyl sites for hydroxylation is 1. The summed E-state index contributed by atoms with van der Waals surface area (Å²) in [5.41, 5.74) is 0.963. The number of rotatable bonds is 10. The molecule has 1 fully saturated rings. The van der Waals surface area contributed by atoms with E-state index in [9.17, 15) is 14.4 Å². The predicted octanol–water partition coefficient (Wildman–Crippen LogP) is 4.58. The normalized spacial score (nSPS) is 14.7. The predicted molar refractivity (Wildman–Crippen MR) is 148 cm³/mol. The highest BCUT2D eigenvalue weighted by Gasteiger charge is 2.29. The van der Waals surface area contributed by atoms with E-state index in [0.717, 1.165) is 16.9 Å². The molecular formula is C28H27N5O7S. The van der Waals surface area contributed by atoms with Gasteiger partial charge in [0.05, 0.1) is 25.3 Å². The highest BCUT2D eigenvalue weighted by atomic mass is 32.1. The molecule has 2 amide bonds. The van der Waals surface area contributed by atoms with Crippen LogP contribution in [0.1, 0.15) is 39.3 Å². The highest BCUT2D eigenvalue weighted by molar-refractivity contribution is 7.17. The van der Waals surface area contributed by atoms with Gasteiger partial charge in [0.1, 0.15) is 22.1 Å². The van der Waals surface area contributed by atoms with Crippen LogP contribution < -0.4 is 14.8 Å². The lowest BCUT2D eigenvalue weighted by Gasteiger charge is -2.14. The molecule has 1 unspecified atom stereocenters. The number of aromatic nitrogens is 3. The van der Waals surface area contributed by atoms with Gasteiger partial charge in [0.15, 0.2) is 5.13 Å². The van der Waals surface area contributed by atoms with Gasteiger partial charge in [-0.25, -0.2) is 9.78 Å². The minimum atomic E-state index is -0.510. The van der Waals surface area contributed by atoms with Crippen LogP contribution in [0.3, 0.4) is 0 Å². The van der Waals surface area contributed by atoms with Crippen LogP contribution in [0.2, 0.25) is 0 Å². The molecule has 1 N–H and O–H groups in total. The number of amides is 2. The largest absolute Gasteiger partial charge is 0.493 e. The van der Waals surface area contributed by atoms with Crippen molar-refractivity contribution < 1.29 is 33.0 Å². The van der Waals surface area contributed by atoms with E-state index in [1.165, 1.54) is 6.20 Å². The van der Waals surface area contributed by atoms with Gasteiger partial charge in [-0.1, -0.05) is 11.3 Å². The molecule has 41 heavy (non-hydrogen) atoms. The summed E-state index contributed by atoms with van der Waals surface area (Å²) >= 11 is 1.00. The molecule has 0 saturated carbocycles. The minimum Gasteiger partial charge on any atom is -0.493 e. The number of esters is 1. The van der Waals surface area contributed by atoms with Gasteiger partial charge >= 0.3 is 5.97 Å². The molecule has 5 rings (SSSR count). The number of carbonyl (C=O) groups excluding carboxylic acids is 3. The molecule has 13 heteroatoms. The van der Waals surface area contributed by atoms with Crippen molar-refractivity contribution in [3.05, 3.63) is 65.0 Å². The fourth-order valence-electron chi connectivity index (χ4n) is 4.10. The molecule has 1 atom stereocenters. The van der Waals surface area contributed by atoms with Gasteiger partial charge in [0, 0.05) is 37.7 Å². The Morgan fingerprint density at radius 1 is 1.12 bits per heavy atom. The maximum atomic E-state index is 13.2. The van der Waals surface area contributed by atoms with Crippen molar-refractivity contribution in [2.45, 2.75) is 20.3 Å². The van der Waals surface area contributed by atoms with E-state index in [-0.39, 0.29) is 40.6 Å². The zero-order valence-corrected chi connectivity index (χ0v) is 23.4. The van der Waals surface area contributed by atoms with Gasteiger partial charge in [-0.2, -0.15) is 0 Å². The van der Waals surface area contributed by atoms with Crippen LogP contribution in [0.5, 0.6) is 17.2 Å². The summed E-state index contributed by atoms with van der Waals surface area (Å²) in [6, 6.07) is 11.8. The van der Waals surface area contributed by atoms with Crippen molar-refractivity contribution >= 4 is 34.3 Å². The number of hydrogen-bond acceptors (Lipinski definition) is 11.